The van der Waals surface area contributed by atoms with Crippen molar-refractivity contribution in [3.63, 3.8) is 0 Å². The molecule has 1 aliphatic heterocycles. The van der Waals surface area contributed by atoms with Crippen LogP contribution in [0.25, 0.3) is 0 Å². The van der Waals surface area contributed by atoms with Crippen LogP contribution >= 0.6 is 11.3 Å². The first-order valence-electron chi connectivity index (χ1n) is 11.3. The Morgan fingerprint density at radius 2 is 2.06 bits per heavy atom. The first-order valence-corrected chi connectivity index (χ1v) is 12.1. The Kier molecular flexibility index (Phi) is 5.44. The number of carbonyl (C=O) groups excluding carboxylic acids is 2. The molecule has 0 saturated carbocycles. The Hall–Kier alpha value is -3.19. The van der Waals surface area contributed by atoms with Gasteiger partial charge in [0.2, 0.25) is 0 Å². The molecule has 0 spiro atoms. The Bertz CT molecular complexity index is 1250. The summed E-state index contributed by atoms with van der Waals surface area (Å²) < 4.78 is 5.36. The maximum Gasteiger partial charge on any atom is 0.275 e. The lowest BCUT2D eigenvalue weighted by Gasteiger charge is -2.33. The van der Waals surface area contributed by atoms with Gasteiger partial charge < -0.3 is 15.1 Å². The van der Waals surface area contributed by atoms with Gasteiger partial charge in [-0.15, -0.1) is 11.3 Å². The van der Waals surface area contributed by atoms with E-state index in [1.54, 1.807) is 23.7 Å². The fraction of sp³-hybridized carbons (Fsp3) is 0.346. The second-order valence-corrected chi connectivity index (χ2v) is 10.8. The highest BCUT2D eigenvalue weighted by molar-refractivity contribution is 7.16. The van der Waals surface area contributed by atoms with Crippen LogP contribution in [-0.2, 0) is 24.2 Å². The van der Waals surface area contributed by atoms with Gasteiger partial charge in [-0.25, -0.2) is 4.99 Å². The monoisotopic (exact) mass is 461 g/mol. The molecule has 2 aromatic heterocycles. The molecule has 5 rings (SSSR count). The highest BCUT2D eigenvalue weighted by Crippen LogP contribution is 2.45. The van der Waals surface area contributed by atoms with Crippen LogP contribution in [-0.4, -0.2) is 17.5 Å². The van der Waals surface area contributed by atoms with Crippen LogP contribution < -0.4 is 10.6 Å². The second kappa shape index (κ2) is 8.30. The number of furan rings is 1. The predicted octanol–water partition coefficient (Wildman–Crippen LogP) is 5.50. The Morgan fingerprint density at radius 1 is 1.24 bits per heavy atom. The minimum absolute atomic E-state index is 0.177. The smallest absolute Gasteiger partial charge is 0.275 e. The number of amides is 2. The van der Waals surface area contributed by atoms with Gasteiger partial charge in [0.1, 0.15) is 16.5 Å². The largest absolute Gasteiger partial charge is 0.467 e. The van der Waals surface area contributed by atoms with E-state index in [1.165, 1.54) is 4.88 Å². The van der Waals surface area contributed by atoms with E-state index in [9.17, 15) is 9.59 Å². The standard InChI is InChI=1S/C26H27N3O3S/c1-26(2,3)15-10-11-18-20(13-15)33-25(21(18)23(30)27-14-16-7-6-12-32-16)29-22-17-8-4-5-9-19(17)28-24(22)31/h4-9,12,15H,10-11,13-14H2,1-3H3,(H,27,30)(H,28,29,31)/t15-/m0/s1. The maximum atomic E-state index is 13.4. The van der Waals surface area contributed by atoms with Crippen LogP contribution in [0, 0.1) is 11.3 Å². The molecular weight excluding hydrogens is 434 g/mol. The number of nitrogens with one attached hydrogen (secondary N) is 2. The van der Waals surface area contributed by atoms with Gasteiger partial charge in [0.15, 0.2) is 0 Å². The van der Waals surface area contributed by atoms with Crippen molar-refractivity contribution in [2.45, 2.75) is 46.6 Å². The minimum atomic E-state index is -0.239. The third kappa shape index (κ3) is 4.13. The summed E-state index contributed by atoms with van der Waals surface area (Å²) in [6.07, 6.45) is 4.39. The normalized spacial score (nSPS) is 18.7. The predicted molar refractivity (Wildman–Crippen MR) is 130 cm³/mol. The number of nitrogens with zero attached hydrogens (tertiary/aromatic N) is 1. The SMILES string of the molecule is CC(C)(C)[C@H]1CCc2c(sc(N=C3C(=O)Nc4ccccc43)c2C(=O)NCc2ccco2)C1. The zero-order valence-electron chi connectivity index (χ0n) is 19.0. The molecule has 0 saturated heterocycles. The summed E-state index contributed by atoms with van der Waals surface area (Å²) in [5, 5.41) is 6.45. The third-order valence-corrected chi connectivity index (χ3v) is 7.71. The number of hydrogen-bond acceptors (Lipinski definition) is 5. The summed E-state index contributed by atoms with van der Waals surface area (Å²) in [6, 6.07) is 11.1. The van der Waals surface area contributed by atoms with Gasteiger partial charge in [-0.1, -0.05) is 39.0 Å². The quantitative estimate of drug-likeness (QED) is 0.538. The number of aliphatic imine (C=N–C) groups is 1. The summed E-state index contributed by atoms with van der Waals surface area (Å²) in [6.45, 7) is 7.12. The lowest BCUT2D eigenvalue weighted by molar-refractivity contribution is -0.110. The molecule has 1 atom stereocenters. The van der Waals surface area contributed by atoms with E-state index >= 15 is 0 Å². The number of fused-ring (bicyclic) bond motifs is 2. The number of rotatable bonds is 4. The summed E-state index contributed by atoms with van der Waals surface area (Å²) in [7, 11) is 0. The average molecular weight is 462 g/mol. The Morgan fingerprint density at radius 3 is 2.82 bits per heavy atom. The van der Waals surface area contributed by atoms with E-state index in [4.69, 9.17) is 9.41 Å². The van der Waals surface area contributed by atoms with E-state index in [-0.39, 0.29) is 17.2 Å². The summed E-state index contributed by atoms with van der Waals surface area (Å²) in [5.74, 6) is 0.817. The summed E-state index contributed by atoms with van der Waals surface area (Å²) >= 11 is 1.55. The fourth-order valence-corrected chi connectivity index (χ4v) is 5.91. The van der Waals surface area contributed by atoms with E-state index in [2.05, 4.69) is 31.4 Å². The van der Waals surface area contributed by atoms with Crippen LogP contribution in [0.3, 0.4) is 0 Å². The lowest BCUT2D eigenvalue weighted by atomic mass is 9.72. The molecule has 170 valence electrons. The van der Waals surface area contributed by atoms with Gasteiger partial charge in [0.25, 0.3) is 11.8 Å². The number of para-hydroxylation sites is 1. The van der Waals surface area contributed by atoms with Gasteiger partial charge in [-0.3, -0.25) is 9.59 Å². The third-order valence-electron chi connectivity index (χ3n) is 6.56. The van der Waals surface area contributed by atoms with Crippen LogP contribution in [0.15, 0.2) is 52.1 Å². The molecule has 7 heteroatoms. The van der Waals surface area contributed by atoms with Gasteiger partial charge in [0.05, 0.1) is 24.1 Å². The van der Waals surface area contributed by atoms with Gasteiger partial charge in [-0.2, -0.15) is 0 Å². The topological polar surface area (TPSA) is 83.7 Å². The van der Waals surface area contributed by atoms with Crippen molar-refractivity contribution < 1.29 is 14.0 Å². The molecule has 2 aliphatic rings. The van der Waals surface area contributed by atoms with Gasteiger partial charge in [0, 0.05) is 10.4 Å². The molecule has 1 aromatic carbocycles. The molecule has 0 fully saturated rings. The first kappa shape index (κ1) is 21.6. The second-order valence-electron chi connectivity index (χ2n) is 9.71. The molecule has 2 amide bonds. The van der Waals surface area contributed by atoms with E-state index < -0.39 is 0 Å². The van der Waals surface area contributed by atoms with Crippen molar-refractivity contribution >= 4 is 39.6 Å². The van der Waals surface area contributed by atoms with E-state index in [0.717, 1.165) is 36.1 Å². The Labute approximate surface area is 197 Å². The van der Waals surface area contributed by atoms with Crippen LogP contribution in [0.5, 0.6) is 0 Å². The summed E-state index contributed by atoms with van der Waals surface area (Å²) in [4.78, 5) is 32.0. The zero-order valence-corrected chi connectivity index (χ0v) is 19.8. The molecular formula is C26H27N3O3S. The molecule has 3 heterocycles. The van der Waals surface area contributed by atoms with Gasteiger partial charge in [-0.05, 0) is 54.4 Å². The molecule has 1 aliphatic carbocycles. The van der Waals surface area contributed by atoms with Crippen molar-refractivity contribution in [2.24, 2.45) is 16.3 Å². The molecule has 0 bridgehead atoms. The van der Waals surface area contributed by atoms with Crippen molar-refractivity contribution in [1.29, 1.82) is 0 Å². The van der Waals surface area contributed by atoms with Crippen molar-refractivity contribution in [3.8, 4) is 0 Å². The molecule has 0 radical (unpaired) electrons. The summed E-state index contributed by atoms with van der Waals surface area (Å²) in [5.41, 5.74) is 3.74. The maximum absolute atomic E-state index is 13.4. The highest BCUT2D eigenvalue weighted by atomic mass is 32.1. The van der Waals surface area contributed by atoms with Crippen molar-refractivity contribution in [1.82, 2.24) is 5.32 Å². The first-order chi connectivity index (χ1) is 15.8. The van der Waals surface area contributed by atoms with Crippen molar-refractivity contribution in [2.75, 3.05) is 5.32 Å². The van der Waals surface area contributed by atoms with Crippen LogP contribution in [0.1, 0.15) is 59.3 Å². The van der Waals surface area contributed by atoms with Crippen LogP contribution in [0.2, 0.25) is 0 Å². The van der Waals surface area contributed by atoms with Gasteiger partial charge >= 0.3 is 0 Å². The molecule has 0 unspecified atom stereocenters. The molecule has 6 nitrogen and oxygen atoms in total. The average Bonchev–Trinajstić information content (AvgIpc) is 3.49. The number of thiophene rings is 1. The Balaban J connectivity index is 1.55. The fourth-order valence-electron chi connectivity index (χ4n) is 4.61. The van der Waals surface area contributed by atoms with E-state index in [0.29, 0.717) is 34.5 Å². The number of anilines is 1. The van der Waals surface area contributed by atoms with E-state index in [1.807, 2.05) is 30.3 Å². The molecule has 2 N–H and O–H groups in total. The molecule has 3 aromatic rings. The van der Waals surface area contributed by atoms with Crippen LogP contribution in [0.4, 0.5) is 10.7 Å². The highest BCUT2D eigenvalue weighted by Gasteiger charge is 2.34. The zero-order chi connectivity index (χ0) is 23.2. The molecule has 33 heavy (non-hydrogen) atoms. The lowest BCUT2D eigenvalue weighted by Crippen LogP contribution is -2.28. The van der Waals surface area contributed by atoms with Crippen molar-refractivity contribution in [3.05, 3.63) is 70.0 Å². The number of benzene rings is 1. The number of carbonyl (C=O) groups is 2. The minimum Gasteiger partial charge on any atom is -0.467 e. The number of hydrogen-bond donors (Lipinski definition) is 2.